The Bertz CT molecular complexity index is 980. The fourth-order valence-corrected chi connectivity index (χ4v) is 2.69. The fraction of sp³-hybridized carbons (Fsp3) is 0.200. The van der Waals surface area contributed by atoms with Crippen molar-refractivity contribution in [3.63, 3.8) is 0 Å². The van der Waals surface area contributed by atoms with Crippen molar-refractivity contribution >= 4 is 12.1 Å². The van der Waals surface area contributed by atoms with Crippen molar-refractivity contribution in [1.29, 1.82) is 0 Å². The zero-order valence-electron chi connectivity index (χ0n) is 17.3. The van der Waals surface area contributed by atoms with Gasteiger partial charge in [0.1, 0.15) is 18.1 Å². The first-order valence-electron chi connectivity index (χ1n) is 9.98. The molecule has 0 heterocycles. The van der Waals surface area contributed by atoms with Gasteiger partial charge in [-0.15, -0.1) is 0 Å². The van der Waals surface area contributed by atoms with Crippen LogP contribution >= 0.6 is 0 Å². The summed E-state index contributed by atoms with van der Waals surface area (Å²) < 4.78 is 11.4. The Morgan fingerprint density at radius 3 is 2.47 bits per heavy atom. The van der Waals surface area contributed by atoms with E-state index in [-0.39, 0.29) is 5.91 Å². The Morgan fingerprint density at radius 2 is 1.73 bits per heavy atom. The molecule has 0 saturated carbocycles. The molecule has 0 radical (unpaired) electrons. The van der Waals surface area contributed by atoms with Crippen molar-refractivity contribution in [1.82, 2.24) is 5.43 Å². The van der Waals surface area contributed by atoms with E-state index in [4.69, 9.17) is 9.47 Å². The number of hydrogen-bond donors (Lipinski definition) is 1. The number of benzene rings is 3. The Kier molecular flexibility index (Phi) is 7.61. The third-order valence-electron chi connectivity index (χ3n) is 4.35. The third kappa shape index (κ3) is 6.48. The number of amides is 1. The van der Waals surface area contributed by atoms with Crippen molar-refractivity contribution in [2.75, 3.05) is 6.61 Å². The van der Waals surface area contributed by atoms with E-state index >= 15 is 0 Å². The average Bonchev–Trinajstić information content (AvgIpc) is 2.78. The maximum absolute atomic E-state index is 12.2. The van der Waals surface area contributed by atoms with Crippen LogP contribution in [-0.4, -0.2) is 18.7 Å². The second-order valence-electron chi connectivity index (χ2n) is 6.92. The molecule has 3 rings (SSSR count). The van der Waals surface area contributed by atoms with E-state index in [2.05, 4.69) is 41.7 Å². The highest BCUT2D eigenvalue weighted by atomic mass is 16.5. The number of carbonyl (C=O) groups is 1. The minimum atomic E-state index is -0.278. The first-order chi connectivity index (χ1) is 14.6. The maximum atomic E-state index is 12.2. The number of carbonyl (C=O) groups excluding carboxylic acids is 1. The van der Waals surface area contributed by atoms with Gasteiger partial charge in [0.2, 0.25) is 0 Å². The molecule has 1 N–H and O–H groups in total. The zero-order valence-corrected chi connectivity index (χ0v) is 17.3. The van der Waals surface area contributed by atoms with Crippen LogP contribution in [0, 0.1) is 6.92 Å². The largest absolute Gasteiger partial charge is 0.494 e. The molecule has 0 aromatic heterocycles. The monoisotopic (exact) mass is 402 g/mol. The van der Waals surface area contributed by atoms with E-state index in [1.54, 1.807) is 30.5 Å². The summed E-state index contributed by atoms with van der Waals surface area (Å²) in [5.74, 6) is 1.22. The summed E-state index contributed by atoms with van der Waals surface area (Å²) in [6.45, 7) is 5.26. The van der Waals surface area contributed by atoms with Crippen molar-refractivity contribution in [3.05, 3.63) is 95.1 Å². The summed E-state index contributed by atoms with van der Waals surface area (Å²) in [7, 11) is 0. The molecule has 0 unspecified atom stereocenters. The Labute approximate surface area is 177 Å². The van der Waals surface area contributed by atoms with Crippen LogP contribution in [0.25, 0.3) is 0 Å². The van der Waals surface area contributed by atoms with Crippen molar-refractivity contribution < 1.29 is 14.3 Å². The highest BCUT2D eigenvalue weighted by Gasteiger charge is 2.04. The average molecular weight is 402 g/mol. The first kappa shape index (κ1) is 21.1. The molecule has 0 spiro atoms. The Hall–Kier alpha value is -3.60. The quantitative estimate of drug-likeness (QED) is 0.399. The number of hydrazone groups is 1. The van der Waals surface area contributed by atoms with Gasteiger partial charge in [-0.05, 0) is 60.9 Å². The summed E-state index contributed by atoms with van der Waals surface area (Å²) in [5.41, 5.74) is 6.23. The second-order valence-corrected chi connectivity index (χ2v) is 6.92. The minimum absolute atomic E-state index is 0.278. The number of hydrogen-bond acceptors (Lipinski definition) is 4. The molecule has 3 aromatic rings. The molecule has 0 saturated heterocycles. The highest BCUT2D eigenvalue weighted by molar-refractivity contribution is 5.95. The van der Waals surface area contributed by atoms with E-state index in [1.165, 1.54) is 5.56 Å². The lowest BCUT2D eigenvalue weighted by molar-refractivity contribution is 0.0955. The summed E-state index contributed by atoms with van der Waals surface area (Å²) in [5, 5.41) is 4.05. The maximum Gasteiger partial charge on any atom is 0.271 e. The molecule has 3 aromatic carbocycles. The number of nitrogens with one attached hydrogen (secondary N) is 1. The SMILES string of the molecule is CCCOc1ccc(C(=O)N/N=C\c2cccc(OCc3ccc(C)cc3)c2)cc1. The smallest absolute Gasteiger partial charge is 0.271 e. The molecule has 154 valence electrons. The minimum Gasteiger partial charge on any atom is -0.494 e. The van der Waals surface area contributed by atoms with Gasteiger partial charge in [-0.1, -0.05) is 48.9 Å². The first-order valence-corrected chi connectivity index (χ1v) is 9.98. The Balaban J connectivity index is 1.52. The molecule has 5 heteroatoms. The summed E-state index contributed by atoms with van der Waals surface area (Å²) in [6.07, 6.45) is 2.53. The highest BCUT2D eigenvalue weighted by Crippen LogP contribution is 2.15. The van der Waals surface area contributed by atoms with E-state index in [0.29, 0.717) is 18.8 Å². The van der Waals surface area contributed by atoms with Gasteiger partial charge in [0.15, 0.2) is 0 Å². The topological polar surface area (TPSA) is 59.9 Å². The number of nitrogens with zero attached hydrogens (tertiary/aromatic N) is 1. The third-order valence-corrected chi connectivity index (χ3v) is 4.35. The molecule has 0 aliphatic heterocycles. The molecule has 1 amide bonds. The molecule has 0 fully saturated rings. The van der Waals surface area contributed by atoms with Crippen LogP contribution in [0.1, 0.15) is 40.4 Å². The predicted molar refractivity (Wildman–Crippen MR) is 119 cm³/mol. The molecule has 5 nitrogen and oxygen atoms in total. The van der Waals surface area contributed by atoms with Gasteiger partial charge in [-0.2, -0.15) is 5.10 Å². The lowest BCUT2D eigenvalue weighted by atomic mass is 10.2. The lowest BCUT2D eigenvalue weighted by Crippen LogP contribution is -2.17. The van der Waals surface area contributed by atoms with Gasteiger partial charge in [0.05, 0.1) is 12.8 Å². The van der Waals surface area contributed by atoms with E-state index in [1.807, 2.05) is 31.2 Å². The van der Waals surface area contributed by atoms with Crippen LogP contribution in [0.4, 0.5) is 0 Å². The van der Waals surface area contributed by atoms with Gasteiger partial charge < -0.3 is 9.47 Å². The number of aryl methyl sites for hydroxylation is 1. The van der Waals surface area contributed by atoms with Crippen LogP contribution in [0.5, 0.6) is 11.5 Å². The molecule has 0 aliphatic rings. The standard InChI is InChI=1S/C25H26N2O3/c1-3-15-29-23-13-11-22(12-14-23)25(28)27-26-17-21-5-4-6-24(16-21)30-18-20-9-7-19(2)8-10-20/h4-14,16-17H,3,15,18H2,1-2H3,(H,27,28)/b26-17-. The molecular formula is C25H26N2O3. The van der Waals surface area contributed by atoms with Crippen LogP contribution in [0.2, 0.25) is 0 Å². The van der Waals surface area contributed by atoms with Gasteiger partial charge >= 0.3 is 0 Å². The molecule has 0 bridgehead atoms. The van der Waals surface area contributed by atoms with E-state index in [0.717, 1.165) is 29.0 Å². The van der Waals surface area contributed by atoms with Crippen LogP contribution < -0.4 is 14.9 Å². The Morgan fingerprint density at radius 1 is 0.967 bits per heavy atom. The van der Waals surface area contributed by atoms with E-state index in [9.17, 15) is 4.79 Å². The van der Waals surface area contributed by atoms with Crippen molar-refractivity contribution in [2.24, 2.45) is 5.10 Å². The number of ether oxygens (including phenoxy) is 2. The lowest BCUT2D eigenvalue weighted by Gasteiger charge is -2.07. The normalized spacial score (nSPS) is 10.7. The number of rotatable bonds is 9. The molecule has 0 aliphatic carbocycles. The second kappa shape index (κ2) is 10.8. The summed E-state index contributed by atoms with van der Waals surface area (Å²) in [4.78, 5) is 12.2. The van der Waals surface area contributed by atoms with Crippen LogP contribution in [-0.2, 0) is 6.61 Å². The van der Waals surface area contributed by atoms with Gasteiger partial charge in [-0.3, -0.25) is 4.79 Å². The van der Waals surface area contributed by atoms with E-state index < -0.39 is 0 Å². The van der Waals surface area contributed by atoms with Gasteiger partial charge in [0, 0.05) is 5.56 Å². The van der Waals surface area contributed by atoms with Crippen LogP contribution in [0.15, 0.2) is 77.9 Å². The fourth-order valence-electron chi connectivity index (χ4n) is 2.69. The van der Waals surface area contributed by atoms with Crippen molar-refractivity contribution in [3.8, 4) is 11.5 Å². The van der Waals surface area contributed by atoms with Crippen LogP contribution in [0.3, 0.4) is 0 Å². The zero-order chi connectivity index (χ0) is 21.2. The van der Waals surface area contributed by atoms with Gasteiger partial charge in [-0.25, -0.2) is 5.43 Å². The summed E-state index contributed by atoms with van der Waals surface area (Å²) >= 11 is 0. The van der Waals surface area contributed by atoms with Crippen molar-refractivity contribution in [2.45, 2.75) is 26.9 Å². The molecular weight excluding hydrogens is 376 g/mol. The molecule has 30 heavy (non-hydrogen) atoms. The summed E-state index contributed by atoms with van der Waals surface area (Å²) in [6, 6.07) is 22.8. The van der Waals surface area contributed by atoms with Gasteiger partial charge in [0.25, 0.3) is 5.91 Å². The predicted octanol–water partition coefficient (Wildman–Crippen LogP) is 5.13. The molecule has 0 atom stereocenters.